The first-order valence-corrected chi connectivity index (χ1v) is 6.75. The van der Waals surface area contributed by atoms with E-state index in [1.807, 2.05) is 6.92 Å². The quantitative estimate of drug-likeness (QED) is 0.823. The minimum atomic E-state index is -4.11. The topological polar surface area (TPSA) is 15.3 Å². The Kier molecular flexibility index (Phi) is 5.06. The molecule has 0 spiro atoms. The zero-order chi connectivity index (χ0) is 14.0. The number of nitrogens with zero attached hydrogens (tertiary/aromatic N) is 1. The maximum Gasteiger partial charge on any atom is 0.401 e. The van der Waals surface area contributed by atoms with Gasteiger partial charge in [-0.2, -0.15) is 13.2 Å². The highest BCUT2D eigenvalue weighted by Crippen LogP contribution is 2.40. The molecule has 0 aromatic rings. The summed E-state index contributed by atoms with van der Waals surface area (Å²) in [5.41, 5.74) is 0.0691. The van der Waals surface area contributed by atoms with E-state index in [1.54, 1.807) is 11.8 Å². The zero-order valence-corrected chi connectivity index (χ0v) is 11.8. The Balaban J connectivity index is 2.78. The van der Waals surface area contributed by atoms with Crippen LogP contribution >= 0.6 is 0 Å². The van der Waals surface area contributed by atoms with Gasteiger partial charge in [0.05, 0.1) is 6.54 Å². The van der Waals surface area contributed by atoms with Gasteiger partial charge in [-0.3, -0.25) is 4.90 Å². The molecular weight excluding hydrogens is 241 g/mol. The van der Waals surface area contributed by atoms with E-state index in [0.29, 0.717) is 6.54 Å². The van der Waals surface area contributed by atoms with Crippen molar-refractivity contribution in [1.29, 1.82) is 0 Å². The van der Waals surface area contributed by atoms with Crippen molar-refractivity contribution in [1.82, 2.24) is 10.2 Å². The van der Waals surface area contributed by atoms with Crippen LogP contribution in [-0.2, 0) is 0 Å². The van der Waals surface area contributed by atoms with Crippen molar-refractivity contribution in [2.45, 2.75) is 58.8 Å². The number of likely N-dealkylation sites (N-methyl/N-ethyl adjacent to an activating group) is 2. The van der Waals surface area contributed by atoms with Gasteiger partial charge in [0.2, 0.25) is 0 Å². The standard InChI is InChI=1S/C13H25F3N2/c1-5-17-11-10(7-8-12(11,3)4)18(6-2)9-13(14,15)16/h10-11,17H,5-9H2,1-4H3. The number of hydrogen-bond acceptors (Lipinski definition) is 2. The average molecular weight is 266 g/mol. The summed E-state index contributed by atoms with van der Waals surface area (Å²) in [7, 11) is 0. The molecule has 1 aliphatic carbocycles. The molecule has 2 atom stereocenters. The van der Waals surface area contributed by atoms with E-state index >= 15 is 0 Å². The van der Waals surface area contributed by atoms with Crippen LogP contribution in [0, 0.1) is 5.41 Å². The predicted molar refractivity (Wildman–Crippen MR) is 67.6 cm³/mol. The summed E-state index contributed by atoms with van der Waals surface area (Å²) in [5, 5.41) is 3.38. The first-order valence-electron chi connectivity index (χ1n) is 6.75. The summed E-state index contributed by atoms with van der Waals surface area (Å²) >= 11 is 0. The van der Waals surface area contributed by atoms with Crippen LogP contribution in [0.1, 0.15) is 40.5 Å². The molecule has 0 saturated heterocycles. The molecule has 18 heavy (non-hydrogen) atoms. The molecule has 1 fully saturated rings. The molecule has 1 rings (SSSR count). The number of rotatable bonds is 5. The Hall–Kier alpha value is -0.290. The van der Waals surface area contributed by atoms with Crippen molar-refractivity contribution >= 4 is 0 Å². The Morgan fingerprint density at radius 3 is 2.33 bits per heavy atom. The van der Waals surface area contributed by atoms with Crippen molar-refractivity contribution in [3.63, 3.8) is 0 Å². The lowest BCUT2D eigenvalue weighted by atomic mass is 9.86. The van der Waals surface area contributed by atoms with Gasteiger partial charge in [-0.05, 0) is 31.3 Å². The maximum absolute atomic E-state index is 12.6. The fourth-order valence-electron chi connectivity index (χ4n) is 3.08. The Bertz CT molecular complexity index is 263. The van der Waals surface area contributed by atoms with Crippen LogP contribution in [0.4, 0.5) is 13.2 Å². The number of halogens is 3. The molecule has 5 heteroatoms. The summed E-state index contributed by atoms with van der Waals surface area (Å²) < 4.78 is 37.8. The third-order valence-corrected chi connectivity index (χ3v) is 3.99. The fourth-order valence-corrected chi connectivity index (χ4v) is 3.08. The summed E-state index contributed by atoms with van der Waals surface area (Å²) in [5.74, 6) is 0. The fraction of sp³-hybridized carbons (Fsp3) is 1.00. The second kappa shape index (κ2) is 5.78. The molecule has 0 aromatic heterocycles. The largest absolute Gasteiger partial charge is 0.401 e. The molecule has 1 saturated carbocycles. The Labute approximate surface area is 108 Å². The lowest BCUT2D eigenvalue weighted by Gasteiger charge is -2.37. The highest BCUT2D eigenvalue weighted by Gasteiger charge is 2.45. The van der Waals surface area contributed by atoms with Crippen molar-refractivity contribution in [2.75, 3.05) is 19.6 Å². The van der Waals surface area contributed by atoms with Crippen LogP contribution in [0.3, 0.4) is 0 Å². The third kappa shape index (κ3) is 3.85. The summed E-state index contributed by atoms with van der Waals surface area (Å²) in [6.07, 6.45) is -2.29. The van der Waals surface area contributed by atoms with E-state index < -0.39 is 12.7 Å². The van der Waals surface area contributed by atoms with Crippen LogP contribution in [0.2, 0.25) is 0 Å². The average Bonchev–Trinajstić information content (AvgIpc) is 2.51. The van der Waals surface area contributed by atoms with Crippen LogP contribution in [0.25, 0.3) is 0 Å². The van der Waals surface area contributed by atoms with E-state index in [2.05, 4.69) is 19.2 Å². The van der Waals surface area contributed by atoms with Crippen LogP contribution in [0.15, 0.2) is 0 Å². The molecule has 0 aliphatic heterocycles. The van der Waals surface area contributed by atoms with Crippen LogP contribution in [-0.4, -0.2) is 42.8 Å². The molecule has 2 nitrogen and oxygen atoms in total. The van der Waals surface area contributed by atoms with E-state index in [1.165, 1.54) is 0 Å². The molecule has 0 heterocycles. The first-order chi connectivity index (χ1) is 8.21. The van der Waals surface area contributed by atoms with Gasteiger partial charge >= 0.3 is 6.18 Å². The normalized spacial score (nSPS) is 28.0. The second-order valence-electron chi connectivity index (χ2n) is 5.81. The number of nitrogens with one attached hydrogen (secondary N) is 1. The highest BCUT2D eigenvalue weighted by atomic mass is 19.4. The Morgan fingerprint density at radius 2 is 1.89 bits per heavy atom. The minimum Gasteiger partial charge on any atom is -0.312 e. The molecule has 1 aliphatic rings. The van der Waals surface area contributed by atoms with Gasteiger partial charge in [0.15, 0.2) is 0 Å². The predicted octanol–water partition coefficient (Wildman–Crippen LogP) is 3.04. The molecular formula is C13H25F3N2. The smallest absolute Gasteiger partial charge is 0.312 e. The molecule has 108 valence electrons. The van der Waals surface area contributed by atoms with Gasteiger partial charge in [0.25, 0.3) is 0 Å². The Morgan fingerprint density at radius 1 is 1.28 bits per heavy atom. The summed E-state index contributed by atoms with van der Waals surface area (Å²) in [4.78, 5) is 1.57. The molecule has 0 radical (unpaired) electrons. The van der Waals surface area contributed by atoms with Gasteiger partial charge in [0.1, 0.15) is 0 Å². The highest BCUT2D eigenvalue weighted by molar-refractivity contribution is 5.01. The first kappa shape index (κ1) is 15.8. The number of hydrogen-bond donors (Lipinski definition) is 1. The zero-order valence-electron chi connectivity index (χ0n) is 11.8. The van der Waals surface area contributed by atoms with Crippen molar-refractivity contribution in [3.05, 3.63) is 0 Å². The SMILES string of the molecule is CCNC1C(N(CC)CC(F)(F)F)CCC1(C)C. The monoisotopic (exact) mass is 266 g/mol. The molecule has 1 N–H and O–H groups in total. The van der Waals surface area contributed by atoms with Crippen molar-refractivity contribution in [3.8, 4) is 0 Å². The number of alkyl halides is 3. The molecule has 0 aromatic carbocycles. The molecule has 0 amide bonds. The van der Waals surface area contributed by atoms with E-state index in [0.717, 1.165) is 19.4 Å². The van der Waals surface area contributed by atoms with Gasteiger partial charge in [-0.1, -0.05) is 27.7 Å². The second-order valence-corrected chi connectivity index (χ2v) is 5.81. The van der Waals surface area contributed by atoms with Crippen molar-refractivity contribution < 1.29 is 13.2 Å². The summed E-state index contributed by atoms with van der Waals surface area (Å²) in [6.45, 7) is 8.54. The third-order valence-electron chi connectivity index (χ3n) is 3.99. The van der Waals surface area contributed by atoms with Crippen molar-refractivity contribution in [2.24, 2.45) is 5.41 Å². The van der Waals surface area contributed by atoms with E-state index in [4.69, 9.17) is 0 Å². The molecule has 0 bridgehead atoms. The lowest BCUT2D eigenvalue weighted by Crippen LogP contribution is -2.53. The summed E-state index contributed by atoms with van der Waals surface area (Å²) in [6, 6.07) is 0.136. The van der Waals surface area contributed by atoms with Gasteiger partial charge < -0.3 is 5.32 Å². The van der Waals surface area contributed by atoms with Gasteiger partial charge in [0, 0.05) is 12.1 Å². The van der Waals surface area contributed by atoms with Crippen LogP contribution in [0.5, 0.6) is 0 Å². The minimum absolute atomic E-state index is 0.00780. The van der Waals surface area contributed by atoms with Crippen LogP contribution < -0.4 is 5.32 Å². The van der Waals surface area contributed by atoms with E-state index in [9.17, 15) is 13.2 Å². The molecule has 2 unspecified atom stereocenters. The van der Waals surface area contributed by atoms with E-state index in [-0.39, 0.29) is 17.5 Å². The maximum atomic E-state index is 12.6. The lowest BCUT2D eigenvalue weighted by molar-refractivity contribution is -0.151. The van der Waals surface area contributed by atoms with Gasteiger partial charge in [-0.15, -0.1) is 0 Å². The van der Waals surface area contributed by atoms with Gasteiger partial charge in [-0.25, -0.2) is 0 Å².